The summed E-state index contributed by atoms with van der Waals surface area (Å²) in [5.74, 6) is 0.801. The zero-order valence-electron chi connectivity index (χ0n) is 11.1. The predicted molar refractivity (Wildman–Crippen MR) is 76.9 cm³/mol. The van der Waals surface area contributed by atoms with Crippen molar-refractivity contribution in [3.63, 3.8) is 0 Å². The van der Waals surface area contributed by atoms with E-state index in [1.165, 1.54) is 0 Å². The Morgan fingerprint density at radius 2 is 1.86 bits per heavy atom. The molecule has 0 fully saturated rings. The maximum absolute atomic E-state index is 12.4. The van der Waals surface area contributed by atoms with Gasteiger partial charge in [0.05, 0.1) is 0 Å². The van der Waals surface area contributed by atoms with Crippen molar-refractivity contribution < 1.29 is 14.3 Å². The number of fused-ring (bicyclic) bond motifs is 1. The SMILES string of the molecule is N#C/C(=C\c1ccccc1)C(=O)c1ccc2c(c1)OCO2. The molecule has 0 unspecified atom stereocenters. The molecular formula is C17H11NO3. The number of Topliss-reactive ketones (excluding diaryl/α,β-unsaturated/α-hetero) is 1. The molecule has 0 aliphatic carbocycles. The van der Waals surface area contributed by atoms with Crippen LogP contribution in [0.4, 0.5) is 0 Å². The summed E-state index contributed by atoms with van der Waals surface area (Å²) in [7, 11) is 0. The van der Waals surface area contributed by atoms with Crippen LogP contribution in [0.25, 0.3) is 6.08 Å². The average molecular weight is 277 g/mol. The van der Waals surface area contributed by atoms with E-state index in [0.29, 0.717) is 17.1 Å². The summed E-state index contributed by atoms with van der Waals surface area (Å²) >= 11 is 0. The number of rotatable bonds is 3. The van der Waals surface area contributed by atoms with Gasteiger partial charge in [-0.25, -0.2) is 0 Å². The second-order valence-electron chi connectivity index (χ2n) is 4.48. The lowest BCUT2D eigenvalue weighted by Crippen LogP contribution is -2.01. The Labute approximate surface area is 121 Å². The van der Waals surface area contributed by atoms with Gasteiger partial charge in [-0.05, 0) is 29.8 Å². The van der Waals surface area contributed by atoms with Gasteiger partial charge in [0.1, 0.15) is 11.6 Å². The molecule has 4 nitrogen and oxygen atoms in total. The third-order valence-electron chi connectivity index (χ3n) is 3.11. The molecule has 0 atom stereocenters. The van der Waals surface area contributed by atoms with Gasteiger partial charge >= 0.3 is 0 Å². The number of hydrogen-bond acceptors (Lipinski definition) is 4. The van der Waals surface area contributed by atoms with Gasteiger partial charge in [0.25, 0.3) is 0 Å². The molecule has 1 heterocycles. The van der Waals surface area contributed by atoms with E-state index in [1.54, 1.807) is 24.3 Å². The first-order chi connectivity index (χ1) is 10.3. The molecule has 4 heteroatoms. The van der Waals surface area contributed by atoms with Crippen LogP contribution in [-0.4, -0.2) is 12.6 Å². The zero-order chi connectivity index (χ0) is 14.7. The third kappa shape index (κ3) is 2.63. The number of allylic oxidation sites excluding steroid dienone is 1. The Kier molecular flexibility index (Phi) is 3.40. The highest BCUT2D eigenvalue weighted by Crippen LogP contribution is 2.33. The van der Waals surface area contributed by atoms with Gasteiger partial charge in [-0.15, -0.1) is 0 Å². The van der Waals surface area contributed by atoms with Crippen LogP contribution in [0, 0.1) is 11.3 Å². The number of nitriles is 1. The summed E-state index contributed by atoms with van der Waals surface area (Å²) in [6.45, 7) is 0.151. The molecule has 0 bridgehead atoms. The maximum Gasteiger partial charge on any atom is 0.231 e. The molecule has 0 spiro atoms. The van der Waals surface area contributed by atoms with Crippen molar-refractivity contribution in [1.29, 1.82) is 5.26 Å². The predicted octanol–water partition coefficient (Wildman–Crippen LogP) is 3.21. The van der Waals surface area contributed by atoms with Crippen LogP contribution in [0.1, 0.15) is 15.9 Å². The first-order valence-electron chi connectivity index (χ1n) is 6.39. The van der Waals surface area contributed by atoms with E-state index in [0.717, 1.165) is 5.56 Å². The first-order valence-corrected chi connectivity index (χ1v) is 6.39. The Hall–Kier alpha value is -3.06. The van der Waals surface area contributed by atoms with Gasteiger partial charge in [0.15, 0.2) is 11.5 Å². The van der Waals surface area contributed by atoms with E-state index in [-0.39, 0.29) is 18.1 Å². The summed E-state index contributed by atoms with van der Waals surface area (Å²) in [5, 5.41) is 9.22. The van der Waals surface area contributed by atoms with E-state index in [9.17, 15) is 10.1 Å². The van der Waals surface area contributed by atoms with Gasteiger partial charge < -0.3 is 9.47 Å². The van der Waals surface area contributed by atoms with Gasteiger partial charge in [-0.2, -0.15) is 5.26 Å². The van der Waals surface area contributed by atoms with Gasteiger partial charge in [0.2, 0.25) is 12.6 Å². The van der Waals surface area contributed by atoms with Gasteiger partial charge in [-0.3, -0.25) is 4.79 Å². The van der Waals surface area contributed by atoms with Crippen molar-refractivity contribution in [2.45, 2.75) is 0 Å². The molecule has 0 radical (unpaired) electrons. The normalized spacial score (nSPS) is 12.8. The smallest absolute Gasteiger partial charge is 0.231 e. The van der Waals surface area contributed by atoms with Crippen molar-refractivity contribution in [2.24, 2.45) is 0 Å². The molecule has 0 aromatic heterocycles. The summed E-state index contributed by atoms with van der Waals surface area (Å²) in [5.41, 5.74) is 1.30. The van der Waals surface area contributed by atoms with Crippen molar-refractivity contribution in [3.05, 3.63) is 65.2 Å². The fraction of sp³-hybridized carbons (Fsp3) is 0.0588. The quantitative estimate of drug-likeness (QED) is 0.491. The number of hydrogen-bond donors (Lipinski definition) is 0. The second kappa shape index (κ2) is 5.51. The minimum atomic E-state index is -0.334. The molecular weight excluding hydrogens is 266 g/mol. The van der Waals surface area contributed by atoms with Crippen LogP contribution in [0.3, 0.4) is 0 Å². The molecule has 21 heavy (non-hydrogen) atoms. The van der Waals surface area contributed by atoms with Crippen LogP contribution < -0.4 is 9.47 Å². The number of carbonyl (C=O) groups excluding carboxylic acids is 1. The Morgan fingerprint density at radius 3 is 2.62 bits per heavy atom. The standard InChI is InChI=1S/C17H11NO3/c18-10-14(8-12-4-2-1-3-5-12)17(19)13-6-7-15-16(9-13)21-11-20-15/h1-9H,11H2/b14-8+. The largest absolute Gasteiger partial charge is 0.454 e. The van der Waals surface area contributed by atoms with Crippen LogP contribution in [0.2, 0.25) is 0 Å². The monoisotopic (exact) mass is 277 g/mol. The van der Waals surface area contributed by atoms with Crippen LogP contribution in [-0.2, 0) is 0 Å². The summed E-state index contributed by atoms with van der Waals surface area (Å²) in [4.78, 5) is 12.4. The highest BCUT2D eigenvalue weighted by molar-refractivity contribution is 6.14. The topological polar surface area (TPSA) is 59.3 Å². The lowest BCUT2D eigenvalue weighted by atomic mass is 10.0. The minimum Gasteiger partial charge on any atom is -0.454 e. The van der Waals surface area contributed by atoms with E-state index < -0.39 is 0 Å². The van der Waals surface area contributed by atoms with E-state index in [1.807, 2.05) is 36.4 Å². The van der Waals surface area contributed by atoms with E-state index in [2.05, 4.69) is 0 Å². The molecule has 0 amide bonds. The fourth-order valence-corrected chi connectivity index (χ4v) is 2.06. The summed E-state index contributed by atoms with van der Waals surface area (Å²) in [6.07, 6.45) is 1.58. The number of benzene rings is 2. The van der Waals surface area contributed by atoms with Crippen LogP contribution >= 0.6 is 0 Å². The number of carbonyl (C=O) groups is 1. The average Bonchev–Trinajstić information content (AvgIpc) is 3.00. The lowest BCUT2D eigenvalue weighted by molar-refractivity contribution is 0.103. The molecule has 3 rings (SSSR count). The lowest BCUT2D eigenvalue weighted by Gasteiger charge is -2.02. The number of nitrogens with zero attached hydrogens (tertiary/aromatic N) is 1. The third-order valence-corrected chi connectivity index (χ3v) is 3.11. The second-order valence-corrected chi connectivity index (χ2v) is 4.48. The Bertz CT molecular complexity index is 757. The summed E-state index contributed by atoms with van der Waals surface area (Å²) < 4.78 is 10.4. The van der Waals surface area contributed by atoms with Crippen molar-refractivity contribution in [3.8, 4) is 17.6 Å². The first kappa shape index (κ1) is 12.9. The molecule has 0 saturated carbocycles. The molecule has 2 aromatic carbocycles. The summed E-state index contributed by atoms with van der Waals surface area (Å²) in [6, 6.07) is 16.1. The highest BCUT2D eigenvalue weighted by atomic mass is 16.7. The van der Waals surface area contributed by atoms with Crippen LogP contribution in [0.5, 0.6) is 11.5 Å². The van der Waals surface area contributed by atoms with Crippen molar-refractivity contribution in [1.82, 2.24) is 0 Å². The Balaban J connectivity index is 1.93. The molecule has 0 N–H and O–H groups in total. The fourth-order valence-electron chi connectivity index (χ4n) is 2.06. The number of ketones is 1. The minimum absolute atomic E-state index is 0.0834. The Morgan fingerprint density at radius 1 is 1.10 bits per heavy atom. The molecule has 1 aliphatic rings. The highest BCUT2D eigenvalue weighted by Gasteiger charge is 2.18. The molecule has 2 aromatic rings. The van der Waals surface area contributed by atoms with Crippen molar-refractivity contribution >= 4 is 11.9 Å². The molecule has 1 aliphatic heterocycles. The van der Waals surface area contributed by atoms with E-state index >= 15 is 0 Å². The van der Waals surface area contributed by atoms with Crippen molar-refractivity contribution in [2.75, 3.05) is 6.79 Å². The van der Waals surface area contributed by atoms with E-state index in [4.69, 9.17) is 9.47 Å². The van der Waals surface area contributed by atoms with Crippen LogP contribution in [0.15, 0.2) is 54.1 Å². The van der Waals surface area contributed by atoms with Gasteiger partial charge in [-0.1, -0.05) is 30.3 Å². The molecule has 0 saturated heterocycles. The zero-order valence-corrected chi connectivity index (χ0v) is 11.1. The maximum atomic E-state index is 12.4. The van der Waals surface area contributed by atoms with Gasteiger partial charge in [0, 0.05) is 5.56 Å². The number of ether oxygens (including phenoxy) is 2. The molecule has 102 valence electrons.